The first-order chi connectivity index (χ1) is 13.2. The van der Waals surface area contributed by atoms with Crippen LogP contribution < -0.4 is 4.90 Å². The van der Waals surface area contributed by atoms with Crippen LogP contribution in [0.5, 0.6) is 0 Å². The highest BCUT2D eigenvalue weighted by Crippen LogP contribution is 2.73. The average molecular weight is 365 g/mol. The maximum absolute atomic E-state index is 12.9. The number of anilines is 1. The van der Waals surface area contributed by atoms with Gasteiger partial charge in [-0.15, -0.1) is 0 Å². The fourth-order valence-electron chi connectivity index (χ4n) is 5.99. The lowest BCUT2D eigenvalue weighted by molar-refractivity contribution is -0.141. The second-order valence-corrected chi connectivity index (χ2v) is 8.68. The number of fused-ring (bicyclic) bond motifs is 3. The van der Waals surface area contributed by atoms with Gasteiger partial charge in [0.25, 0.3) is 11.8 Å². The predicted octanol–water partition coefficient (Wildman–Crippen LogP) is 2.80. The summed E-state index contributed by atoms with van der Waals surface area (Å²) in [4.78, 5) is 28.0. The van der Waals surface area contributed by atoms with Crippen LogP contribution >= 0.6 is 0 Å². The van der Waals surface area contributed by atoms with Crippen molar-refractivity contribution in [3.63, 3.8) is 0 Å². The molecule has 4 atom stereocenters. The van der Waals surface area contributed by atoms with Crippen LogP contribution in [0, 0.1) is 29.1 Å². The molecule has 3 heterocycles. The van der Waals surface area contributed by atoms with Crippen LogP contribution in [0.2, 0.25) is 0 Å². The van der Waals surface area contributed by atoms with E-state index in [1.165, 1.54) is 25.5 Å². The van der Waals surface area contributed by atoms with E-state index >= 15 is 0 Å². The van der Waals surface area contributed by atoms with Gasteiger partial charge in [0, 0.05) is 19.2 Å². The highest BCUT2D eigenvalue weighted by Gasteiger charge is 2.73. The van der Waals surface area contributed by atoms with E-state index in [9.17, 15) is 9.59 Å². The smallest absolute Gasteiger partial charge is 0.254 e. The number of carbonyl (C=O) groups excluding carboxylic acids is 2. The van der Waals surface area contributed by atoms with Crippen molar-refractivity contribution >= 4 is 23.9 Å². The third kappa shape index (κ3) is 2.04. The largest absolute Gasteiger partial charge is 0.440 e. The standard InChI is InChI=1S/C21H23N3O3/c25-19-17-14-5-6-15(21(14)8-9-21)18(17)20(26)24(19)22-12-13-4-7-16(27-13)23-10-2-1-3-11-23/h4-7,12,14-15,17-18H,1-3,8-11H2/b22-12-/t14-,15+,17-,18+. The van der Waals surface area contributed by atoms with Crippen molar-refractivity contribution in [1.82, 2.24) is 5.01 Å². The molecule has 6 nitrogen and oxygen atoms in total. The maximum atomic E-state index is 12.9. The number of furan rings is 1. The Morgan fingerprint density at radius 3 is 2.30 bits per heavy atom. The Hall–Kier alpha value is -2.37. The molecule has 0 unspecified atom stereocenters. The number of amides is 2. The number of nitrogens with zero attached hydrogens (tertiary/aromatic N) is 3. The average Bonchev–Trinajstić information content (AvgIpc) is 2.98. The van der Waals surface area contributed by atoms with Crippen molar-refractivity contribution in [2.45, 2.75) is 32.1 Å². The van der Waals surface area contributed by atoms with E-state index < -0.39 is 0 Å². The van der Waals surface area contributed by atoms with Gasteiger partial charge < -0.3 is 9.32 Å². The molecule has 1 aromatic rings. The Balaban J connectivity index is 1.21. The molecule has 6 rings (SSSR count). The number of piperidine rings is 1. The van der Waals surface area contributed by atoms with Gasteiger partial charge in [0.1, 0.15) is 5.76 Å². The molecule has 2 aliphatic heterocycles. The first kappa shape index (κ1) is 15.7. The number of hydrazone groups is 1. The van der Waals surface area contributed by atoms with Crippen molar-refractivity contribution in [3.8, 4) is 0 Å². The number of allylic oxidation sites excluding steroid dienone is 2. The highest BCUT2D eigenvalue weighted by atomic mass is 16.4. The third-order valence-corrected chi connectivity index (χ3v) is 7.41. The summed E-state index contributed by atoms with van der Waals surface area (Å²) in [5.74, 6) is 1.22. The molecular weight excluding hydrogens is 342 g/mol. The quantitative estimate of drug-likeness (QED) is 0.469. The summed E-state index contributed by atoms with van der Waals surface area (Å²) in [6.45, 7) is 2.02. The minimum atomic E-state index is -0.201. The molecule has 5 aliphatic rings. The summed E-state index contributed by atoms with van der Waals surface area (Å²) in [5.41, 5.74) is 0.223. The van der Waals surface area contributed by atoms with Gasteiger partial charge in [-0.25, -0.2) is 0 Å². The molecule has 27 heavy (non-hydrogen) atoms. The molecule has 1 spiro atoms. The van der Waals surface area contributed by atoms with Crippen LogP contribution in [0.25, 0.3) is 0 Å². The lowest BCUT2D eigenvalue weighted by Gasteiger charge is -2.25. The van der Waals surface area contributed by atoms with Crippen LogP contribution in [0.3, 0.4) is 0 Å². The Morgan fingerprint density at radius 2 is 1.67 bits per heavy atom. The first-order valence-corrected chi connectivity index (χ1v) is 10.1. The SMILES string of the molecule is O=C1[C@@H]2[C@H](C(=O)N1/N=C\c1ccc(N3CCCCC3)o1)[C@H]1C=C[C@@H]2C12CC2. The van der Waals surface area contributed by atoms with Gasteiger partial charge in [0.05, 0.1) is 18.1 Å². The molecule has 4 fully saturated rings. The Morgan fingerprint density at radius 1 is 1.00 bits per heavy atom. The number of hydrogen-bond donors (Lipinski definition) is 0. The van der Waals surface area contributed by atoms with E-state index in [1.54, 1.807) is 0 Å². The van der Waals surface area contributed by atoms with E-state index in [-0.39, 0.29) is 40.9 Å². The van der Waals surface area contributed by atoms with Crippen molar-refractivity contribution in [2.24, 2.45) is 34.2 Å². The van der Waals surface area contributed by atoms with Crippen LogP contribution in [-0.2, 0) is 9.59 Å². The summed E-state index contributed by atoms with van der Waals surface area (Å²) in [5, 5.41) is 5.33. The minimum absolute atomic E-state index is 0.132. The summed E-state index contributed by atoms with van der Waals surface area (Å²) < 4.78 is 5.86. The van der Waals surface area contributed by atoms with Crippen LogP contribution in [0.15, 0.2) is 33.8 Å². The normalized spacial score (nSPS) is 35.9. The fourth-order valence-corrected chi connectivity index (χ4v) is 5.99. The van der Waals surface area contributed by atoms with E-state index in [4.69, 9.17) is 4.42 Å². The fraction of sp³-hybridized carbons (Fsp3) is 0.571. The topological polar surface area (TPSA) is 66.1 Å². The van der Waals surface area contributed by atoms with Crippen LogP contribution in [0.1, 0.15) is 37.9 Å². The third-order valence-electron chi connectivity index (χ3n) is 7.41. The van der Waals surface area contributed by atoms with Crippen molar-refractivity contribution < 1.29 is 14.0 Å². The summed E-state index contributed by atoms with van der Waals surface area (Å²) in [6.07, 6.45) is 11.8. The number of carbonyl (C=O) groups is 2. The van der Waals surface area contributed by atoms with Gasteiger partial charge in [-0.05, 0) is 55.4 Å². The number of hydrogen-bond acceptors (Lipinski definition) is 5. The summed E-state index contributed by atoms with van der Waals surface area (Å²) >= 11 is 0. The molecule has 0 aromatic carbocycles. The van der Waals surface area contributed by atoms with E-state index in [0.29, 0.717) is 5.76 Å². The summed E-state index contributed by atoms with van der Waals surface area (Å²) in [7, 11) is 0. The molecule has 2 saturated heterocycles. The molecule has 140 valence electrons. The zero-order valence-electron chi connectivity index (χ0n) is 15.2. The van der Waals surface area contributed by atoms with Gasteiger partial charge in [-0.3, -0.25) is 9.59 Å². The molecular formula is C21H23N3O3. The van der Waals surface area contributed by atoms with Crippen LogP contribution in [0.4, 0.5) is 5.88 Å². The zero-order chi connectivity index (χ0) is 18.2. The Labute approximate surface area is 157 Å². The number of rotatable bonds is 3. The van der Waals surface area contributed by atoms with Crippen molar-refractivity contribution in [2.75, 3.05) is 18.0 Å². The molecule has 0 radical (unpaired) electrons. The molecule has 6 heteroatoms. The number of imide groups is 1. The zero-order valence-corrected chi connectivity index (χ0v) is 15.2. The Bertz CT molecular complexity index is 841. The lowest BCUT2D eigenvalue weighted by Crippen LogP contribution is -2.30. The monoisotopic (exact) mass is 365 g/mol. The first-order valence-electron chi connectivity index (χ1n) is 10.1. The molecule has 3 aliphatic carbocycles. The van der Waals surface area contributed by atoms with Gasteiger partial charge in [0.15, 0.2) is 5.88 Å². The minimum Gasteiger partial charge on any atom is -0.440 e. The van der Waals surface area contributed by atoms with Gasteiger partial charge in [0.2, 0.25) is 0 Å². The van der Waals surface area contributed by atoms with E-state index in [1.807, 2.05) is 12.1 Å². The summed E-state index contributed by atoms with van der Waals surface area (Å²) in [6, 6.07) is 3.79. The molecule has 2 saturated carbocycles. The lowest BCUT2D eigenvalue weighted by atomic mass is 9.85. The van der Waals surface area contributed by atoms with E-state index in [0.717, 1.165) is 36.8 Å². The molecule has 1 aromatic heterocycles. The highest BCUT2D eigenvalue weighted by molar-refractivity contribution is 6.07. The second kappa shape index (κ2) is 5.33. The molecule has 2 bridgehead atoms. The maximum Gasteiger partial charge on any atom is 0.254 e. The molecule has 0 N–H and O–H groups in total. The van der Waals surface area contributed by atoms with Crippen molar-refractivity contribution in [3.05, 3.63) is 30.0 Å². The predicted molar refractivity (Wildman–Crippen MR) is 99.0 cm³/mol. The Kier molecular flexibility index (Phi) is 3.09. The van der Waals surface area contributed by atoms with Gasteiger partial charge >= 0.3 is 0 Å². The van der Waals surface area contributed by atoms with Gasteiger partial charge in [-0.2, -0.15) is 10.1 Å². The van der Waals surface area contributed by atoms with Gasteiger partial charge in [-0.1, -0.05) is 12.2 Å². The van der Waals surface area contributed by atoms with Crippen molar-refractivity contribution in [1.29, 1.82) is 0 Å². The van der Waals surface area contributed by atoms with Crippen LogP contribution in [-0.4, -0.2) is 36.1 Å². The molecule has 2 amide bonds. The second-order valence-electron chi connectivity index (χ2n) is 8.68. The van der Waals surface area contributed by atoms with E-state index in [2.05, 4.69) is 22.2 Å².